The van der Waals surface area contributed by atoms with Gasteiger partial charge in [0.25, 0.3) is 0 Å². The molecule has 1 aromatic carbocycles. The zero-order chi connectivity index (χ0) is 15.2. The average Bonchev–Trinajstić information content (AvgIpc) is 2.44. The second-order valence-corrected chi connectivity index (χ2v) is 6.20. The van der Waals surface area contributed by atoms with Crippen molar-refractivity contribution in [3.05, 3.63) is 41.5 Å². The minimum Gasteiger partial charge on any atom is -0.326 e. The topological polar surface area (TPSA) is 41.1 Å². The molecule has 0 bridgehead atoms. The molecule has 0 aromatic heterocycles. The summed E-state index contributed by atoms with van der Waals surface area (Å²) in [5.74, 6) is 0.401. The van der Waals surface area contributed by atoms with E-state index in [2.05, 4.69) is 43.5 Å². The number of amides is 1. The third-order valence-corrected chi connectivity index (χ3v) is 3.97. The van der Waals surface area contributed by atoms with Crippen molar-refractivity contribution < 1.29 is 4.79 Å². The first-order valence-electron chi connectivity index (χ1n) is 7.81. The van der Waals surface area contributed by atoms with Gasteiger partial charge in [-0.15, -0.1) is 0 Å². The number of carbonyl (C=O) groups excluding carboxylic acids is 1. The molecule has 1 aliphatic heterocycles. The summed E-state index contributed by atoms with van der Waals surface area (Å²) in [5.41, 5.74) is 3.60. The van der Waals surface area contributed by atoms with Crippen molar-refractivity contribution >= 4 is 11.6 Å². The van der Waals surface area contributed by atoms with Crippen LogP contribution < -0.4 is 10.6 Å². The second kappa shape index (κ2) is 7.41. The van der Waals surface area contributed by atoms with Crippen LogP contribution in [0.25, 0.3) is 0 Å². The Morgan fingerprint density at radius 2 is 2.19 bits per heavy atom. The molecule has 0 spiro atoms. The molecule has 2 atom stereocenters. The molecule has 2 unspecified atom stereocenters. The van der Waals surface area contributed by atoms with Crippen LogP contribution in [0.2, 0.25) is 0 Å². The van der Waals surface area contributed by atoms with Crippen LogP contribution in [0.1, 0.15) is 51.5 Å². The summed E-state index contributed by atoms with van der Waals surface area (Å²) in [6.45, 7) is 7.35. The van der Waals surface area contributed by atoms with Crippen molar-refractivity contribution in [1.29, 1.82) is 0 Å². The van der Waals surface area contributed by atoms with Crippen LogP contribution in [0, 0.1) is 0 Å². The molecule has 1 aromatic rings. The Morgan fingerprint density at radius 3 is 2.95 bits per heavy atom. The lowest BCUT2D eigenvalue weighted by molar-refractivity contribution is -0.116. The molecule has 0 aliphatic carbocycles. The van der Waals surface area contributed by atoms with Crippen LogP contribution in [-0.2, 0) is 4.79 Å². The molecule has 2 rings (SSSR count). The Hall–Kier alpha value is -1.61. The highest BCUT2D eigenvalue weighted by Crippen LogP contribution is 2.31. The fourth-order valence-corrected chi connectivity index (χ4v) is 2.75. The maximum Gasteiger partial charge on any atom is 0.225 e. The number of hydrogen-bond acceptors (Lipinski definition) is 2. The van der Waals surface area contributed by atoms with Crippen LogP contribution >= 0.6 is 0 Å². The normalized spacial score (nSPS) is 18.6. The van der Waals surface area contributed by atoms with E-state index in [1.807, 2.05) is 18.2 Å². The minimum atomic E-state index is 0.123. The molecule has 0 radical (unpaired) electrons. The Kier molecular flexibility index (Phi) is 5.57. The van der Waals surface area contributed by atoms with Gasteiger partial charge < -0.3 is 10.6 Å². The van der Waals surface area contributed by atoms with Crippen LogP contribution in [-0.4, -0.2) is 18.5 Å². The number of carbonyl (C=O) groups is 1. The van der Waals surface area contributed by atoms with E-state index < -0.39 is 0 Å². The maximum absolute atomic E-state index is 11.8. The summed E-state index contributed by atoms with van der Waals surface area (Å²) in [6, 6.07) is 8.59. The molecule has 1 aliphatic rings. The molecular formula is C18H26N2O. The minimum absolute atomic E-state index is 0.123. The van der Waals surface area contributed by atoms with Gasteiger partial charge in [0.1, 0.15) is 0 Å². The van der Waals surface area contributed by atoms with Crippen molar-refractivity contribution in [2.24, 2.45) is 0 Å². The zero-order valence-corrected chi connectivity index (χ0v) is 13.3. The summed E-state index contributed by atoms with van der Waals surface area (Å²) in [6.07, 6.45) is 5.09. The molecule has 1 heterocycles. The number of hydrogen-bond donors (Lipinski definition) is 2. The first-order valence-corrected chi connectivity index (χ1v) is 7.81. The number of nitrogens with one attached hydrogen (secondary N) is 2. The van der Waals surface area contributed by atoms with Crippen LogP contribution in [0.5, 0.6) is 0 Å². The van der Waals surface area contributed by atoms with E-state index in [-0.39, 0.29) is 11.8 Å². The van der Waals surface area contributed by atoms with Crippen LogP contribution in [0.3, 0.4) is 0 Å². The number of benzene rings is 1. The summed E-state index contributed by atoms with van der Waals surface area (Å²) in [7, 11) is 0. The molecule has 114 valence electrons. The fraction of sp³-hybridized carbons (Fsp3) is 0.500. The Morgan fingerprint density at radius 1 is 1.43 bits per heavy atom. The summed E-state index contributed by atoms with van der Waals surface area (Å²) < 4.78 is 0. The van der Waals surface area contributed by atoms with Crippen LogP contribution in [0.4, 0.5) is 5.69 Å². The van der Waals surface area contributed by atoms with Gasteiger partial charge in [-0.3, -0.25) is 4.79 Å². The quantitative estimate of drug-likeness (QED) is 0.780. The smallest absolute Gasteiger partial charge is 0.225 e. The first-order chi connectivity index (χ1) is 10.1. The van der Waals surface area contributed by atoms with Gasteiger partial charge in [-0.1, -0.05) is 29.8 Å². The third kappa shape index (κ3) is 4.71. The molecule has 0 fully saturated rings. The number of para-hydroxylation sites is 1. The number of rotatable bonds is 6. The zero-order valence-electron chi connectivity index (χ0n) is 13.3. The van der Waals surface area contributed by atoms with Gasteiger partial charge >= 0.3 is 0 Å². The highest BCUT2D eigenvalue weighted by atomic mass is 16.1. The predicted molar refractivity (Wildman–Crippen MR) is 88.6 cm³/mol. The second-order valence-electron chi connectivity index (χ2n) is 6.20. The van der Waals surface area contributed by atoms with E-state index in [9.17, 15) is 4.79 Å². The first kappa shape index (κ1) is 15.8. The van der Waals surface area contributed by atoms with Crippen LogP contribution in [0.15, 0.2) is 35.9 Å². The largest absolute Gasteiger partial charge is 0.326 e. The predicted octanol–water partition coefficient (Wildman–Crippen LogP) is 3.84. The third-order valence-electron chi connectivity index (χ3n) is 3.97. The van der Waals surface area contributed by atoms with E-state index in [1.165, 1.54) is 11.1 Å². The molecule has 21 heavy (non-hydrogen) atoms. The fourth-order valence-electron chi connectivity index (χ4n) is 2.75. The highest BCUT2D eigenvalue weighted by molar-refractivity contribution is 5.94. The SMILES string of the molecule is CC(C)=CCCC(C)NCC1CC(=O)Nc2ccccc21. The highest BCUT2D eigenvalue weighted by Gasteiger charge is 2.24. The standard InChI is InChI=1S/C18H26N2O/c1-13(2)7-6-8-14(3)19-12-15-11-18(21)20-17-10-5-4-9-16(15)17/h4-5,7,9-10,14-15,19H,6,8,11-12H2,1-3H3,(H,20,21). The molecule has 0 saturated heterocycles. The van der Waals surface area contributed by atoms with Gasteiger partial charge in [-0.25, -0.2) is 0 Å². The van der Waals surface area contributed by atoms with Crippen molar-refractivity contribution in [3.8, 4) is 0 Å². The summed E-state index contributed by atoms with van der Waals surface area (Å²) in [5, 5.41) is 6.53. The van der Waals surface area contributed by atoms with E-state index in [0.717, 1.165) is 25.1 Å². The average molecular weight is 286 g/mol. The van der Waals surface area contributed by atoms with Gasteiger partial charge in [0.05, 0.1) is 0 Å². The molecule has 0 saturated carbocycles. The van der Waals surface area contributed by atoms with Gasteiger partial charge in [0, 0.05) is 30.6 Å². The maximum atomic E-state index is 11.8. The number of fused-ring (bicyclic) bond motifs is 1. The van der Waals surface area contributed by atoms with Crippen molar-refractivity contribution in [2.75, 3.05) is 11.9 Å². The number of allylic oxidation sites excluding steroid dienone is 2. The van der Waals surface area contributed by atoms with E-state index in [1.54, 1.807) is 0 Å². The lowest BCUT2D eigenvalue weighted by Gasteiger charge is -2.27. The Balaban J connectivity index is 1.88. The number of anilines is 1. The Labute approximate surface area is 127 Å². The summed E-state index contributed by atoms with van der Waals surface area (Å²) >= 11 is 0. The summed E-state index contributed by atoms with van der Waals surface area (Å²) in [4.78, 5) is 11.8. The van der Waals surface area contributed by atoms with Gasteiger partial charge in [0.2, 0.25) is 5.91 Å². The lowest BCUT2D eigenvalue weighted by atomic mass is 9.90. The monoisotopic (exact) mass is 286 g/mol. The van der Waals surface area contributed by atoms with Crippen molar-refractivity contribution in [3.63, 3.8) is 0 Å². The van der Waals surface area contributed by atoms with E-state index in [4.69, 9.17) is 0 Å². The van der Waals surface area contributed by atoms with Crippen molar-refractivity contribution in [1.82, 2.24) is 5.32 Å². The van der Waals surface area contributed by atoms with Gasteiger partial charge in [0.15, 0.2) is 0 Å². The molecule has 2 N–H and O–H groups in total. The molecule has 3 nitrogen and oxygen atoms in total. The van der Waals surface area contributed by atoms with E-state index >= 15 is 0 Å². The van der Waals surface area contributed by atoms with Gasteiger partial charge in [-0.2, -0.15) is 0 Å². The molecular weight excluding hydrogens is 260 g/mol. The Bertz CT molecular complexity index is 518. The van der Waals surface area contributed by atoms with Gasteiger partial charge in [-0.05, 0) is 45.2 Å². The van der Waals surface area contributed by atoms with Crippen molar-refractivity contribution in [2.45, 2.75) is 52.0 Å². The molecule has 3 heteroatoms. The van der Waals surface area contributed by atoms with E-state index in [0.29, 0.717) is 12.5 Å². The molecule has 1 amide bonds. The lowest BCUT2D eigenvalue weighted by Crippen LogP contribution is -2.34.